The molecule has 0 spiro atoms. The molecule has 1 N–H and O–H groups in total. The second kappa shape index (κ2) is 9.48. The van der Waals surface area contributed by atoms with Crippen molar-refractivity contribution in [1.29, 1.82) is 5.26 Å². The number of hydrogen-bond donors (Lipinski definition) is 1. The van der Waals surface area contributed by atoms with Gasteiger partial charge in [-0.3, -0.25) is 10.2 Å². The van der Waals surface area contributed by atoms with Crippen molar-refractivity contribution in [1.82, 2.24) is 4.90 Å². The van der Waals surface area contributed by atoms with E-state index in [1.54, 1.807) is 46.1 Å². The van der Waals surface area contributed by atoms with E-state index >= 15 is 0 Å². The smallest absolute Gasteiger partial charge is 0.412 e. The highest BCUT2D eigenvalue weighted by Gasteiger charge is 2.18. The monoisotopic (exact) mass is 353 g/mol. The Morgan fingerprint density at radius 2 is 2.12 bits per heavy atom. The third-order valence-electron chi connectivity index (χ3n) is 3.00. The number of benzene rings is 1. The van der Waals surface area contributed by atoms with E-state index in [2.05, 4.69) is 11.4 Å². The zero-order chi connectivity index (χ0) is 18.2. The Bertz CT molecular complexity index is 594. The van der Waals surface area contributed by atoms with Gasteiger partial charge in [0, 0.05) is 30.9 Å². The van der Waals surface area contributed by atoms with Crippen LogP contribution in [0.15, 0.2) is 18.2 Å². The molecular formula is C17H24ClN3O3. The average Bonchev–Trinajstić information content (AvgIpc) is 2.46. The van der Waals surface area contributed by atoms with E-state index in [0.29, 0.717) is 30.4 Å². The molecule has 24 heavy (non-hydrogen) atoms. The number of amides is 1. The summed E-state index contributed by atoms with van der Waals surface area (Å²) in [5.41, 5.74) is 0.829. The molecule has 6 nitrogen and oxygen atoms in total. The van der Waals surface area contributed by atoms with Gasteiger partial charge < -0.3 is 9.47 Å². The maximum atomic E-state index is 12.0. The predicted molar refractivity (Wildman–Crippen MR) is 94.1 cm³/mol. The van der Waals surface area contributed by atoms with Crippen LogP contribution in [-0.2, 0) is 16.0 Å². The van der Waals surface area contributed by atoms with E-state index in [1.807, 2.05) is 4.90 Å². The summed E-state index contributed by atoms with van der Waals surface area (Å²) >= 11 is 6.07. The maximum absolute atomic E-state index is 12.0. The van der Waals surface area contributed by atoms with Gasteiger partial charge in [-0.25, -0.2) is 4.79 Å². The molecule has 1 rings (SSSR count). The van der Waals surface area contributed by atoms with Crippen LogP contribution in [0.1, 0.15) is 26.3 Å². The highest BCUT2D eigenvalue weighted by atomic mass is 35.5. The molecule has 0 bridgehead atoms. The van der Waals surface area contributed by atoms with Crippen LogP contribution < -0.4 is 5.32 Å². The van der Waals surface area contributed by atoms with Crippen LogP contribution in [0.25, 0.3) is 0 Å². The Labute approximate surface area is 148 Å². The fourth-order valence-electron chi connectivity index (χ4n) is 2.00. The van der Waals surface area contributed by atoms with Crippen LogP contribution in [0.4, 0.5) is 10.5 Å². The number of ether oxygens (including phenoxy) is 2. The standard InChI is InChI=1S/C17H24ClN3O3/c1-17(2,3)24-16(22)20-15-6-5-14(18)11-13(15)12-21(8-7-19)9-10-23-4/h5-6,11H,8-10,12H2,1-4H3,(H,20,22). The fraction of sp³-hybridized carbons (Fsp3) is 0.529. The normalized spacial score (nSPS) is 11.2. The molecule has 0 radical (unpaired) electrons. The van der Waals surface area contributed by atoms with Crippen molar-refractivity contribution in [2.45, 2.75) is 32.9 Å². The molecule has 0 aliphatic heterocycles. The van der Waals surface area contributed by atoms with Crippen LogP contribution >= 0.6 is 11.6 Å². The summed E-state index contributed by atoms with van der Waals surface area (Å²) in [6, 6.07) is 7.32. The van der Waals surface area contributed by atoms with Gasteiger partial charge in [-0.2, -0.15) is 5.26 Å². The summed E-state index contributed by atoms with van der Waals surface area (Å²) in [7, 11) is 1.61. The van der Waals surface area contributed by atoms with E-state index in [0.717, 1.165) is 5.56 Å². The number of hydrogen-bond acceptors (Lipinski definition) is 5. The van der Waals surface area contributed by atoms with Gasteiger partial charge >= 0.3 is 6.09 Å². The second-order valence-electron chi connectivity index (χ2n) is 6.29. The SMILES string of the molecule is COCCN(CC#N)Cc1cc(Cl)ccc1NC(=O)OC(C)(C)C. The van der Waals surface area contributed by atoms with Gasteiger partial charge in [0.2, 0.25) is 0 Å². The summed E-state index contributed by atoms with van der Waals surface area (Å²) < 4.78 is 10.3. The molecule has 0 heterocycles. The highest BCUT2D eigenvalue weighted by Crippen LogP contribution is 2.23. The van der Waals surface area contributed by atoms with E-state index < -0.39 is 11.7 Å². The second-order valence-corrected chi connectivity index (χ2v) is 6.73. The number of rotatable bonds is 7. The Kier molecular flexibility index (Phi) is 7.99. The van der Waals surface area contributed by atoms with E-state index in [-0.39, 0.29) is 6.54 Å². The Hall–Kier alpha value is -1.81. The van der Waals surface area contributed by atoms with Gasteiger partial charge in [-0.15, -0.1) is 0 Å². The van der Waals surface area contributed by atoms with E-state index in [9.17, 15) is 4.79 Å². The molecule has 0 saturated carbocycles. The number of nitriles is 1. The van der Waals surface area contributed by atoms with Gasteiger partial charge in [-0.05, 0) is 44.5 Å². The van der Waals surface area contributed by atoms with Crippen molar-refractivity contribution in [3.63, 3.8) is 0 Å². The highest BCUT2D eigenvalue weighted by molar-refractivity contribution is 6.30. The van der Waals surface area contributed by atoms with E-state index in [1.165, 1.54) is 0 Å². The zero-order valence-electron chi connectivity index (χ0n) is 14.6. The zero-order valence-corrected chi connectivity index (χ0v) is 15.3. The number of carbonyl (C=O) groups excluding carboxylic acids is 1. The number of halogens is 1. The van der Waals surface area contributed by atoms with Crippen molar-refractivity contribution in [2.75, 3.05) is 32.1 Å². The van der Waals surface area contributed by atoms with Crippen molar-refractivity contribution in [2.24, 2.45) is 0 Å². The number of nitrogens with zero attached hydrogens (tertiary/aromatic N) is 2. The quantitative estimate of drug-likeness (QED) is 0.757. The molecule has 0 saturated heterocycles. The van der Waals surface area contributed by atoms with Gasteiger partial charge in [0.1, 0.15) is 5.60 Å². The lowest BCUT2D eigenvalue weighted by molar-refractivity contribution is 0.0635. The van der Waals surface area contributed by atoms with Crippen LogP contribution in [0, 0.1) is 11.3 Å². The van der Waals surface area contributed by atoms with Gasteiger partial charge in [0.25, 0.3) is 0 Å². The van der Waals surface area contributed by atoms with Crippen molar-refractivity contribution >= 4 is 23.4 Å². The molecule has 0 aliphatic carbocycles. The Morgan fingerprint density at radius 1 is 1.42 bits per heavy atom. The van der Waals surface area contributed by atoms with Crippen LogP contribution in [0.5, 0.6) is 0 Å². The topological polar surface area (TPSA) is 74.6 Å². The molecule has 0 atom stereocenters. The molecule has 1 amide bonds. The minimum absolute atomic E-state index is 0.252. The average molecular weight is 354 g/mol. The van der Waals surface area contributed by atoms with Crippen molar-refractivity contribution < 1.29 is 14.3 Å². The number of methoxy groups -OCH3 is 1. The van der Waals surface area contributed by atoms with Gasteiger partial charge in [0.15, 0.2) is 0 Å². The summed E-state index contributed by atoms with van der Waals surface area (Å²) in [6.45, 7) is 7.22. The molecule has 132 valence electrons. The minimum Gasteiger partial charge on any atom is -0.444 e. The first-order valence-electron chi connectivity index (χ1n) is 7.62. The first kappa shape index (κ1) is 20.2. The lowest BCUT2D eigenvalue weighted by Gasteiger charge is -2.23. The molecule has 7 heteroatoms. The third kappa shape index (κ3) is 7.64. The molecule has 0 aromatic heterocycles. The molecule has 1 aromatic rings. The molecule has 0 fully saturated rings. The van der Waals surface area contributed by atoms with Crippen LogP contribution in [0.2, 0.25) is 5.02 Å². The van der Waals surface area contributed by atoms with Gasteiger partial charge in [-0.1, -0.05) is 11.6 Å². The maximum Gasteiger partial charge on any atom is 0.412 e. The van der Waals surface area contributed by atoms with Crippen LogP contribution in [0.3, 0.4) is 0 Å². The number of nitrogens with one attached hydrogen (secondary N) is 1. The fourth-order valence-corrected chi connectivity index (χ4v) is 2.20. The minimum atomic E-state index is -0.581. The molecule has 1 aromatic carbocycles. The first-order valence-corrected chi connectivity index (χ1v) is 7.99. The predicted octanol–water partition coefficient (Wildman–Crippen LogP) is 3.66. The van der Waals surface area contributed by atoms with Crippen LogP contribution in [-0.4, -0.2) is 43.4 Å². The lowest BCUT2D eigenvalue weighted by atomic mass is 10.1. The van der Waals surface area contributed by atoms with Gasteiger partial charge in [0.05, 0.1) is 19.2 Å². The van der Waals surface area contributed by atoms with E-state index in [4.69, 9.17) is 26.3 Å². The molecular weight excluding hydrogens is 330 g/mol. The first-order chi connectivity index (χ1) is 11.2. The van der Waals surface area contributed by atoms with Crippen molar-refractivity contribution in [3.8, 4) is 6.07 Å². The Balaban J connectivity index is 2.90. The largest absolute Gasteiger partial charge is 0.444 e. The number of anilines is 1. The summed E-state index contributed by atoms with van der Waals surface area (Å²) in [5, 5.41) is 12.3. The number of carbonyl (C=O) groups is 1. The summed E-state index contributed by atoms with van der Waals surface area (Å²) in [6.07, 6.45) is -0.533. The van der Waals surface area contributed by atoms with Crippen molar-refractivity contribution in [3.05, 3.63) is 28.8 Å². The summed E-state index contributed by atoms with van der Waals surface area (Å²) in [5.74, 6) is 0. The summed E-state index contributed by atoms with van der Waals surface area (Å²) in [4.78, 5) is 13.9. The third-order valence-corrected chi connectivity index (χ3v) is 3.24. The molecule has 0 unspecified atom stereocenters. The molecule has 0 aliphatic rings. The lowest BCUT2D eigenvalue weighted by Crippen LogP contribution is -2.29. The Morgan fingerprint density at radius 3 is 2.71 bits per heavy atom.